The van der Waals surface area contributed by atoms with E-state index in [0.717, 1.165) is 0 Å². The highest BCUT2D eigenvalue weighted by Gasteiger charge is 2.16. The van der Waals surface area contributed by atoms with E-state index in [2.05, 4.69) is 10.0 Å². The number of nitrogens with one attached hydrogen (secondary N) is 2. The molecule has 0 saturated heterocycles. The van der Waals surface area contributed by atoms with Gasteiger partial charge >= 0.3 is 0 Å². The van der Waals surface area contributed by atoms with Gasteiger partial charge in [-0.1, -0.05) is 0 Å². The smallest absolute Gasteiger partial charge is 0.241 e. The zero-order valence-electron chi connectivity index (χ0n) is 15.4. The van der Waals surface area contributed by atoms with Crippen molar-refractivity contribution in [2.75, 3.05) is 11.9 Å². The summed E-state index contributed by atoms with van der Waals surface area (Å²) in [6.45, 7) is 4.78. The van der Waals surface area contributed by atoms with Gasteiger partial charge in [-0.25, -0.2) is 13.1 Å². The van der Waals surface area contributed by atoms with Crippen LogP contribution in [-0.4, -0.2) is 32.8 Å². The molecule has 8 heteroatoms. The van der Waals surface area contributed by atoms with Crippen molar-refractivity contribution in [3.8, 4) is 5.75 Å². The van der Waals surface area contributed by atoms with Gasteiger partial charge in [0.1, 0.15) is 5.75 Å². The van der Waals surface area contributed by atoms with Crippen LogP contribution in [0.3, 0.4) is 0 Å². The van der Waals surface area contributed by atoms with E-state index in [1.54, 1.807) is 36.4 Å². The highest BCUT2D eigenvalue weighted by Crippen LogP contribution is 2.17. The molecule has 0 fully saturated rings. The van der Waals surface area contributed by atoms with E-state index in [1.807, 2.05) is 13.8 Å². The Morgan fingerprint density at radius 1 is 1.00 bits per heavy atom. The Kier molecular flexibility index (Phi) is 6.70. The lowest BCUT2D eigenvalue weighted by atomic mass is 10.1. The van der Waals surface area contributed by atoms with E-state index in [9.17, 15) is 18.0 Å². The Labute approximate surface area is 158 Å². The van der Waals surface area contributed by atoms with Crippen molar-refractivity contribution < 1.29 is 22.7 Å². The van der Waals surface area contributed by atoms with Gasteiger partial charge in [0.25, 0.3) is 0 Å². The van der Waals surface area contributed by atoms with Crippen molar-refractivity contribution in [1.82, 2.24) is 4.72 Å². The maximum atomic E-state index is 12.3. The molecule has 0 saturated carbocycles. The van der Waals surface area contributed by atoms with Crippen LogP contribution < -0.4 is 14.8 Å². The maximum absolute atomic E-state index is 12.3. The standard InChI is InChI=1S/C19H22N2O5S/c1-13(2)26-17-8-10-18(11-9-17)27(24,25)20-12-19(23)21-16-6-4-15(5-7-16)14(3)22/h4-11,13,20H,12H2,1-3H3,(H,21,23). The number of amides is 1. The third-order valence-corrected chi connectivity index (χ3v) is 4.92. The number of benzene rings is 2. The molecule has 0 aliphatic rings. The molecule has 0 heterocycles. The minimum Gasteiger partial charge on any atom is -0.491 e. The fraction of sp³-hybridized carbons (Fsp3) is 0.263. The van der Waals surface area contributed by atoms with E-state index >= 15 is 0 Å². The van der Waals surface area contributed by atoms with Crippen LogP contribution in [0.2, 0.25) is 0 Å². The van der Waals surface area contributed by atoms with Gasteiger partial charge in [-0.05, 0) is 69.3 Å². The van der Waals surface area contributed by atoms with Gasteiger partial charge in [-0.15, -0.1) is 0 Å². The molecular weight excluding hydrogens is 368 g/mol. The second-order valence-corrected chi connectivity index (χ2v) is 7.91. The topological polar surface area (TPSA) is 102 Å². The number of carbonyl (C=O) groups excluding carboxylic acids is 2. The van der Waals surface area contributed by atoms with Gasteiger partial charge in [0, 0.05) is 11.3 Å². The first-order valence-electron chi connectivity index (χ1n) is 8.34. The summed E-state index contributed by atoms with van der Waals surface area (Å²) in [6.07, 6.45) is -0.0150. The van der Waals surface area contributed by atoms with Crippen LogP contribution in [0.15, 0.2) is 53.4 Å². The molecule has 0 bridgehead atoms. The third kappa shape index (κ3) is 6.19. The van der Waals surface area contributed by atoms with Crippen molar-refractivity contribution in [3.63, 3.8) is 0 Å². The summed E-state index contributed by atoms with van der Waals surface area (Å²) >= 11 is 0. The molecule has 0 aromatic heterocycles. The van der Waals surface area contributed by atoms with Crippen molar-refractivity contribution >= 4 is 27.4 Å². The lowest BCUT2D eigenvalue weighted by molar-refractivity contribution is -0.115. The van der Waals surface area contributed by atoms with Gasteiger partial charge in [-0.2, -0.15) is 0 Å². The van der Waals surface area contributed by atoms with E-state index in [4.69, 9.17) is 4.74 Å². The molecule has 2 aromatic rings. The second-order valence-electron chi connectivity index (χ2n) is 6.14. The number of ketones is 1. The van der Waals surface area contributed by atoms with Crippen LogP contribution in [0.1, 0.15) is 31.1 Å². The van der Waals surface area contributed by atoms with Gasteiger partial charge in [0.15, 0.2) is 5.78 Å². The molecule has 7 nitrogen and oxygen atoms in total. The molecule has 2 aromatic carbocycles. The first kappa shape index (κ1) is 20.6. The Balaban J connectivity index is 1.93. The van der Waals surface area contributed by atoms with Gasteiger partial charge in [-0.3, -0.25) is 9.59 Å². The largest absolute Gasteiger partial charge is 0.491 e. The summed E-state index contributed by atoms with van der Waals surface area (Å²) < 4.78 is 32.3. The average molecular weight is 390 g/mol. The van der Waals surface area contributed by atoms with E-state index < -0.39 is 22.5 Å². The molecule has 2 rings (SSSR count). The van der Waals surface area contributed by atoms with E-state index in [1.165, 1.54) is 19.1 Å². The summed E-state index contributed by atoms with van der Waals surface area (Å²) in [7, 11) is -3.82. The summed E-state index contributed by atoms with van der Waals surface area (Å²) in [5.41, 5.74) is 0.998. The predicted octanol–water partition coefficient (Wildman–Crippen LogP) is 2.59. The molecule has 0 aliphatic carbocycles. The van der Waals surface area contributed by atoms with Gasteiger partial charge < -0.3 is 10.1 Å². The Morgan fingerprint density at radius 2 is 1.59 bits per heavy atom. The highest BCUT2D eigenvalue weighted by molar-refractivity contribution is 7.89. The van der Waals surface area contributed by atoms with Crippen LogP contribution in [0.5, 0.6) is 5.75 Å². The van der Waals surface area contributed by atoms with Crippen LogP contribution in [0, 0.1) is 0 Å². The monoisotopic (exact) mass is 390 g/mol. The van der Waals surface area contributed by atoms with E-state index in [0.29, 0.717) is 17.0 Å². The average Bonchev–Trinajstić information content (AvgIpc) is 2.60. The van der Waals surface area contributed by atoms with Crippen LogP contribution in [-0.2, 0) is 14.8 Å². The molecule has 0 aliphatic heterocycles. The fourth-order valence-electron chi connectivity index (χ4n) is 2.21. The molecule has 1 amide bonds. The van der Waals surface area contributed by atoms with E-state index in [-0.39, 0.29) is 16.8 Å². The normalized spacial score (nSPS) is 11.3. The predicted molar refractivity (Wildman–Crippen MR) is 102 cm³/mol. The molecule has 0 unspecified atom stereocenters. The first-order chi connectivity index (χ1) is 12.7. The number of hydrogen-bond acceptors (Lipinski definition) is 5. The number of sulfonamides is 1. The third-order valence-electron chi connectivity index (χ3n) is 3.50. The maximum Gasteiger partial charge on any atom is 0.241 e. The lowest BCUT2D eigenvalue weighted by Gasteiger charge is -2.11. The number of anilines is 1. The fourth-order valence-corrected chi connectivity index (χ4v) is 3.19. The lowest BCUT2D eigenvalue weighted by Crippen LogP contribution is -2.32. The molecule has 27 heavy (non-hydrogen) atoms. The molecule has 144 valence electrons. The Bertz CT molecular complexity index is 904. The number of carbonyl (C=O) groups is 2. The van der Waals surface area contributed by atoms with Crippen molar-refractivity contribution in [1.29, 1.82) is 0 Å². The number of hydrogen-bond donors (Lipinski definition) is 2. The molecule has 0 atom stereocenters. The zero-order chi connectivity index (χ0) is 20.0. The quantitative estimate of drug-likeness (QED) is 0.675. The Morgan fingerprint density at radius 3 is 2.11 bits per heavy atom. The molecule has 0 spiro atoms. The van der Waals surface area contributed by atoms with Gasteiger partial charge in [0.05, 0.1) is 17.5 Å². The highest BCUT2D eigenvalue weighted by atomic mass is 32.2. The summed E-state index contributed by atoms with van der Waals surface area (Å²) in [4.78, 5) is 23.2. The minimum absolute atomic E-state index is 0.0150. The summed E-state index contributed by atoms with van der Waals surface area (Å²) in [6, 6.07) is 12.3. The number of rotatable bonds is 8. The van der Waals surface area contributed by atoms with Crippen LogP contribution >= 0.6 is 0 Å². The minimum atomic E-state index is -3.82. The summed E-state index contributed by atoms with van der Waals surface area (Å²) in [5, 5.41) is 2.57. The van der Waals surface area contributed by atoms with Crippen molar-refractivity contribution in [2.45, 2.75) is 31.8 Å². The number of Topliss-reactive ketones (excluding diaryl/α,β-unsaturated/α-hetero) is 1. The van der Waals surface area contributed by atoms with Gasteiger partial charge in [0.2, 0.25) is 15.9 Å². The van der Waals surface area contributed by atoms with Crippen LogP contribution in [0.25, 0.3) is 0 Å². The molecule has 2 N–H and O–H groups in total. The van der Waals surface area contributed by atoms with Crippen LogP contribution in [0.4, 0.5) is 5.69 Å². The summed E-state index contributed by atoms with van der Waals surface area (Å²) in [5.74, 6) is -0.0324. The Hall–Kier alpha value is -2.71. The molecule has 0 radical (unpaired) electrons. The van der Waals surface area contributed by atoms with Crippen molar-refractivity contribution in [2.24, 2.45) is 0 Å². The zero-order valence-corrected chi connectivity index (χ0v) is 16.2. The molecular formula is C19H22N2O5S. The first-order valence-corrected chi connectivity index (χ1v) is 9.83. The van der Waals surface area contributed by atoms with Crippen molar-refractivity contribution in [3.05, 3.63) is 54.1 Å². The number of ether oxygens (including phenoxy) is 1. The second kappa shape index (κ2) is 8.79. The SMILES string of the molecule is CC(=O)c1ccc(NC(=O)CNS(=O)(=O)c2ccc(OC(C)C)cc2)cc1.